The third-order valence-electron chi connectivity index (χ3n) is 6.37. The van der Waals surface area contributed by atoms with Gasteiger partial charge in [-0.1, -0.05) is 107 Å². The number of aliphatic hydroxyl groups is 1. The van der Waals surface area contributed by atoms with Crippen LogP contribution in [0, 0.1) is 11.3 Å². The number of esters is 1. The number of hydrogen-bond acceptors (Lipinski definition) is 6. The number of hydrogen-bond donors (Lipinski definition) is 4. The van der Waals surface area contributed by atoms with Crippen molar-refractivity contribution in [1.29, 1.82) is 0 Å². The van der Waals surface area contributed by atoms with Gasteiger partial charge in [0.15, 0.2) is 0 Å². The van der Waals surface area contributed by atoms with E-state index >= 15 is 0 Å². The molecule has 230 valence electrons. The van der Waals surface area contributed by atoms with E-state index in [-0.39, 0.29) is 42.3 Å². The van der Waals surface area contributed by atoms with E-state index in [1.165, 1.54) is 6.08 Å². The van der Waals surface area contributed by atoms with Gasteiger partial charge in [-0.05, 0) is 31.2 Å². The molecular weight excluding hydrogens is 540 g/mol. The number of aliphatic carboxylic acids is 3. The van der Waals surface area contributed by atoms with Crippen molar-refractivity contribution < 1.29 is 44.3 Å². The molecule has 1 aromatic carbocycles. The van der Waals surface area contributed by atoms with Crippen LogP contribution in [0.1, 0.15) is 64.9 Å². The highest BCUT2D eigenvalue weighted by Crippen LogP contribution is 2.34. The third-order valence-corrected chi connectivity index (χ3v) is 6.37. The average Bonchev–Trinajstić information content (AvgIpc) is 2.96. The van der Waals surface area contributed by atoms with Crippen LogP contribution in [0.3, 0.4) is 0 Å². The lowest BCUT2D eigenvalue weighted by Crippen LogP contribution is -2.22. The number of unbranched alkanes of at least 4 members (excludes halogenated alkanes) is 1. The van der Waals surface area contributed by atoms with Crippen LogP contribution in [0.4, 0.5) is 0 Å². The molecular formula is C33H44O9. The van der Waals surface area contributed by atoms with Gasteiger partial charge < -0.3 is 25.2 Å². The number of carboxylic acid groups (broad SMARTS) is 3. The molecule has 9 nitrogen and oxygen atoms in total. The number of carbonyl (C=O) groups is 4. The maximum absolute atomic E-state index is 11.9. The number of carboxylic acids is 3. The topological polar surface area (TPSA) is 158 Å². The average molecular weight is 585 g/mol. The van der Waals surface area contributed by atoms with Gasteiger partial charge in [0.05, 0.1) is 6.61 Å². The van der Waals surface area contributed by atoms with Gasteiger partial charge in [0, 0.05) is 28.2 Å². The minimum atomic E-state index is -1.14. The zero-order valence-electron chi connectivity index (χ0n) is 24.8. The van der Waals surface area contributed by atoms with Gasteiger partial charge in [0.1, 0.15) is 6.61 Å². The molecule has 4 N–H and O–H groups in total. The maximum atomic E-state index is 11.9. The second kappa shape index (κ2) is 20.6. The fourth-order valence-electron chi connectivity index (χ4n) is 3.75. The molecule has 1 rings (SSSR count). The quantitative estimate of drug-likeness (QED) is 0.119. The SMILES string of the molecule is C=C(C(=O)O)C(C)(C=Cc1ccccc1)C=C(CC(CC)CCCC)C(=O)O.C=C(CC=CC(=O)O)C(=O)OCCO. The molecule has 1 aromatic rings. The molecule has 0 heterocycles. The molecule has 0 aliphatic rings. The van der Waals surface area contributed by atoms with Gasteiger partial charge in [-0.25, -0.2) is 19.2 Å². The summed E-state index contributed by atoms with van der Waals surface area (Å²) < 4.78 is 4.54. The van der Waals surface area contributed by atoms with Crippen LogP contribution in [-0.2, 0) is 23.9 Å². The van der Waals surface area contributed by atoms with E-state index in [4.69, 9.17) is 10.2 Å². The zero-order chi connectivity index (χ0) is 32.1. The Hall–Kier alpha value is -4.24. The minimum Gasteiger partial charge on any atom is -0.478 e. The van der Waals surface area contributed by atoms with Crippen molar-refractivity contribution in [2.24, 2.45) is 11.3 Å². The Bertz CT molecular complexity index is 1150. The molecule has 0 aromatic heterocycles. The predicted octanol–water partition coefficient (Wildman–Crippen LogP) is 6.07. The Morgan fingerprint density at radius 1 is 1.02 bits per heavy atom. The van der Waals surface area contributed by atoms with E-state index in [2.05, 4.69) is 31.7 Å². The van der Waals surface area contributed by atoms with Crippen molar-refractivity contribution in [3.8, 4) is 0 Å². The zero-order valence-corrected chi connectivity index (χ0v) is 24.8. The van der Waals surface area contributed by atoms with E-state index < -0.39 is 29.3 Å². The molecule has 0 spiro atoms. The Balaban J connectivity index is 0.00000101. The van der Waals surface area contributed by atoms with Crippen molar-refractivity contribution >= 4 is 30.0 Å². The molecule has 0 saturated carbocycles. The number of benzene rings is 1. The molecule has 2 unspecified atom stereocenters. The first-order chi connectivity index (χ1) is 19.8. The molecule has 0 saturated heterocycles. The predicted molar refractivity (Wildman–Crippen MR) is 163 cm³/mol. The molecule has 0 radical (unpaired) electrons. The van der Waals surface area contributed by atoms with Crippen LogP contribution >= 0.6 is 0 Å². The van der Waals surface area contributed by atoms with Crippen molar-refractivity contribution in [3.63, 3.8) is 0 Å². The first-order valence-corrected chi connectivity index (χ1v) is 13.8. The Morgan fingerprint density at radius 2 is 1.67 bits per heavy atom. The third kappa shape index (κ3) is 15.5. The minimum absolute atomic E-state index is 0.0555. The Labute approximate surface area is 248 Å². The van der Waals surface area contributed by atoms with Crippen LogP contribution in [0.15, 0.2) is 84.5 Å². The van der Waals surface area contributed by atoms with Crippen molar-refractivity contribution in [2.75, 3.05) is 13.2 Å². The number of carbonyl (C=O) groups excluding carboxylic acids is 1. The monoisotopic (exact) mass is 584 g/mol. The normalized spacial score (nSPS) is 13.5. The van der Waals surface area contributed by atoms with Crippen molar-refractivity contribution in [3.05, 3.63) is 90.1 Å². The molecule has 0 aliphatic heterocycles. The lowest BCUT2D eigenvalue weighted by molar-refractivity contribution is -0.140. The number of allylic oxidation sites excluding steroid dienone is 3. The standard InChI is InChI=1S/C24H32O4.C9H12O5/c1-5-7-11-19(6-2)16-21(23(27)28)17-24(4,18(3)22(25)26)15-14-20-12-9-8-10-13-20;1-7(3-2-4-8(11)12)9(13)14-6-5-10/h8-10,12-15,17,19H,3,5-7,11,16H2,1-2,4H3,(H,25,26)(H,27,28);2,4,10H,1,3,5-6H2,(H,11,12). The van der Waals surface area contributed by atoms with Gasteiger partial charge >= 0.3 is 23.9 Å². The summed E-state index contributed by atoms with van der Waals surface area (Å²) in [6.07, 6.45) is 11.8. The van der Waals surface area contributed by atoms with E-state index in [9.17, 15) is 29.4 Å². The van der Waals surface area contributed by atoms with Gasteiger partial charge in [0.2, 0.25) is 0 Å². The fourth-order valence-corrected chi connectivity index (χ4v) is 3.75. The smallest absolute Gasteiger partial charge is 0.333 e. The number of aliphatic hydroxyl groups excluding tert-OH is 1. The number of rotatable bonds is 18. The summed E-state index contributed by atoms with van der Waals surface area (Å²) in [6, 6.07) is 9.48. The summed E-state index contributed by atoms with van der Waals surface area (Å²) in [6.45, 7) is 12.7. The van der Waals surface area contributed by atoms with Gasteiger partial charge in [-0.2, -0.15) is 0 Å². The van der Waals surface area contributed by atoms with E-state index in [0.29, 0.717) is 6.42 Å². The highest BCUT2D eigenvalue weighted by Gasteiger charge is 2.29. The summed E-state index contributed by atoms with van der Waals surface area (Å²) in [4.78, 5) is 44.5. The van der Waals surface area contributed by atoms with Crippen LogP contribution in [0.25, 0.3) is 6.08 Å². The van der Waals surface area contributed by atoms with E-state index in [1.54, 1.807) is 25.2 Å². The van der Waals surface area contributed by atoms with Gasteiger partial charge in [-0.15, -0.1) is 0 Å². The summed E-state index contributed by atoms with van der Waals surface area (Å²) in [5, 5.41) is 35.8. The van der Waals surface area contributed by atoms with E-state index in [1.807, 2.05) is 30.3 Å². The molecule has 0 fully saturated rings. The van der Waals surface area contributed by atoms with Crippen LogP contribution in [0.2, 0.25) is 0 Å². The molecule has 2 atom stereocenters. The van der Waals surface area contributed by atoms with E-state index in [0.717, 1.165) is 37.3 Å². The molecule has 0 bridgehead atoms. The molecule has 0 amide bonds. The maximum Gasteiger partial charge on any atom is 0.333 e. The summed E-state index contributed by atoms with van der Waals surface area (Å²) in [5.41, 5.74) is 0.145. The van der Waals surface area contributed by atoms with Crippen molar-refractivity contribution in [1.82, 2.24) is 0 Å². The number of ether oxygens (including phenoxy) is 1. The molecule has 9 heteroatoms. The second-order valence-electron chi connectivity index (χ2n) is 9.81. The molecule has 42 heavy (non-hydrogen) atoms. The fraction of sp³-hybridized carbons (Fsp3) is 0.394. The Morgan fingerprint density at radius 3 is 2.17 bits per heavy atom. The first kappa shape index (κ1) is 37.8. The highest BCUT2D eigenvalue weighted by molar-refractivity contribution is 5.91. The summed E-state index contributed by atoms with van der Waals surface area (Å²) in [5.74, 6) is -3.59. The first-order valence-electron chi connectivity index (χ1n) is 13.8. The summed E-state index contributed by atoms with van der Waals surface area (Å²) >= 11 is 0. The van der Waals surface area contributed by atoms with Crippen LogP contribution in [-0.4, -0.2) is 57.5 Å². The lowest BCUT2D eigenvalue weighted by atomic mass is 9.78. The van der Waals surface area contributed by atoms with Crippen LogP contribution in [0.5, 0.6) is 0 Å². The largest absolute Gasteiger partial charge is 0.478 e. The molecule has 0 aliphatic carbocycles. The summed E-state index contributed by atoms with van der Waals surface area (Å²) in [7, 11) is 0. The van der Waals surface area contributed by atoms with Crippen LogP contribution < -0.4 is 0 Å². The van der Waals surface area contributed by atoms with Crippen molar-refractivity contribution in [2.45, 2.75) is 59.3 Å². The van der Waals surface area contributed by atoms with Gasteiger partial charge in [-0.3, -0.25) is 0 Å². The lowest BCUT2D eigenvalue weighted by Gasteiger charge is -2.24. The second-order valence-corrected chi connectivity index (χ2v) is 9.81. The Kier molecular flexibility index (Phi) is 18.5. The van der Waals surface area contributed by atoms with Gasteiger partial charge in [0.25, 0.3) is 0 Å². The highest BCUT2D eigenvalue weighted by atomic mass is 16.5.